The van der Waals surface area contributed by atoms with Crippen LogP contribution < -0.4 is 20.5 Å². The molecule has 0 saturated heterocycles. The topological polar surface area (TPSA) is 76.7 Å². The number of rotatable bonds is 4. The van der Waals surface area contributed by atoms with Crippen LogP contribution in [-0.2, 0) is 0 Å². The van der Waals surface area contributed by atoms with E-state index in [0.29, 0.717) is 30.4 Å². The van der Waals surface area contributed by atoms with Crippen LogP contribution in [0.2, 0.25) is 0 Å². The van der Waals surface area contributed by atoms with E-state index in [1.165, 1.54) is 12.1 Å². The molecule has 18 heavy (non-hydrogen) atoms. The average Bonchev–Trinajstić information content (AvgIpc) is 2.36. The predicted octanol–water partition coefficient (Wildman–Crippen LogP) is 1.08. The van der Waals surface area contributed by atoms with Crippen LogP contribution in [0.5, 0.6) is 11.5 Å². The van der Waals surface area contributed by atoms with Gasteiger partial charge in [0.25, 0.3) is 5.92 Å². The van der Waals surface area contributed by atoms with Crippen LogP contribution in [-0.4, -0.2) is 37.4 Å². The number of hydrogen-bond acceptors (Lipinski definition) is 5. The summed E-state index contributed by atoms with van der Waals surface area (Å²) in [6, 6.07) is 3.03. The van der Waals surface area contributed by atoms with Crippen molar-refractivity contribution in [1.29, 1.82) is 0 Å². The van der Waals surface area contributed by atoms with Gasteiger partial charge in [0.15, 0.2) is 11.5 Å². The lowest BCUT2D eigenvalue weighted by Crippen LogP contribution is -2.31. The normalized spacial score (nSPS) is 14.4. The van der Waals surface area contributed by atoms with Crippen molar-refractivity contribution in [2.45, 2.75) is 5.92 Å². The standard InChI is InChI=1S/C11H14F2N2O3/c12-11(13,6-16)5-15-8-4-10-9(3-7(8)14)17-1-2-18-10/h3-4,15-16H,1-2,5-6,14H2. The summed E-state index contributed by atoms with van der Waals surface area (Å²) in [5, 5.41) is 11.0. The molecule has 1 aromatic carbocycles. The first-order valence-electron chi connectivity index (χ1n) is 5.43. The maximum absolute atomic E-state index is 12.9. The van der Waals surface area contributed by atoms with E-state index >= 15 is 0 Å². The van der Waals surface area contributed by atoms with Crippen LogP contribution in [0.3, 0.4) is 0 Å². The van der Waals surface area contributed by atoms with Gasteiger partial charge in [0.05, 0.1) is 17.9 Å². The molecule has 0 radical (unpaired) electrons. The highest BCUT2D eigenvalue weighted by molar-refractivity contribution is 5.72. The zero-order chi connectivity index (χ0) is 13.2. The van der Waals surface area contributed by atoms with Crippen LogP contribution in [0, 0.1) is 0 Å². The minimum absolute atomic E-state index is 0.285. The van der Waals surface area contributed by atoms with Crippen molar-refractivity contribution in [2.24, 2.45) is 0 Å². The number of nitrogens with two attached hydrogens (primary N) is 1. The Morgan fingerprint density at radius 3 is 2.50 bits per heavy atom. The van der Waals surface area contributed by atoms with Crippen molar-refractivity contribution in [3.63, 3.8) is 0 Å². The van der Waals surface area contributed by atoms with Gasteiger partial charge in [-0.2, -0.15) is 0 Å². The van der Waals surface area contributed by atoms with E-state index in [2.05, 4.69) is 5.32 Å². The number of ether oxygens (including phenoxy) is 2. The molecule has 0 bridgehead atoms. The number of anilines is 2. The number of alkyl halides is 2. The van der Waals surface area contributed by atoms with E-state index in [9.17, 15) is 8.78 Å². The fraction of sp³-hybridized carbons (Fsp3) is 0.455. The van der Waals surface area contributed by atoms with Gasteiger partial charge in [-0.15, -0.1) is 0 Å². The number of aliphatic hydroxyl groups excluding tert-OH is 1. The van der Waals surface area contributed by atoms with E-state index in [1.807, 2.05) is 0 Å². The number of benzene rings is 1. The zero-order valence-electron chi connectivity index (χ0n) is 9.58. The molecule has 7 heteroatoms. The SMILES string of the molecule is Nc1cc2c(cc1NCC(F)(F)CO)OCCO2. The molecule has 0 saturated carbocycles. The Morgan fingerprint density at radius 2 is 1.89 bits per heavy atom. The van der Waals surface area contributed by atoms with Crippen molar-refractivity contribution < 1.29 is 23.4 Å². The molecule has 2 rings (SSSR count). The molecular weight excluding hydrogens is 246 g/mol. The lowest BCUT2D eigenvalue weighted by molar-refractivity contribution is -0.0372. The summed E-state index contributed by atoms with van der Waals surface area (Å²) in [6.45, 7) is -1.08. The molecule has 100 valence electrons. The van der Waals surface area contributed by atoms with E-state index in [-0.39, 0.29) is 5.69 Å². The summed E-state index contributed by atoms with van der Waals surface area (Å²) in [4.78, 5) is 0. The van der Waals surface area contributed by atoms with Crippen LogP contribution in [0.4, 0.5) is 20.2 Å². The third-order valence-electron chi connectivity index (χ3n) is 2.48. The number of halogens is 2. The van der Waals surface area contributed by atoms with Crippen LogP contribution in [0.25, 0.3) is 0 Å². The lowest BCUT2D eigenvalue weighted by atomic mass is 10.2. The number of aliphatic hydroxyl groups is 1. The molecule has 1 heterocycles. The van der Waals surface area contributed by atoms with Gasteiger partial charge in [-0.25, -0.2) is 8.78 Å². The fourth-order valence-electron chi connectivity index (χ4n) is 1.54. The minimum atomic E-state index is -3.19. The Labute approximate surface area is 102 Å². The number of nitrogens with one attached hydrogen (secondary N) is 1. The highest BCUT2D eigenvalue weighted by atomic mass is 19.3. The second kappa shape index (κ2) is 4.85. The Bertz CT molecular complexity index is 441. The Balaban J connectivity index is 2.13. The zero-order valence-corrected chi connectivity index (χ0v) is 9.58. The van der Waals surface area contributed by atoms with Crippen molar-refractivity contribution in [3.05, 3.63) is 12.1 Å². The van der Waals surface area contributed by atoms with Gasteiger partial charge in [-0.05, 0) is 0 Å². The molecule has 0 fully saturated rings. The summed E-state index contributed by atoms with van der Waals surface area (Å²) in [5.41, 5.74) is 6.32. The van der Waals surface area contributed by atoms with E-state index in [1.54, 1.807) is 0 Å². The minimum Gasteiger partial charge on any atom is -0.486 e. The smallest absolute Gasteiger partial charge is 0.287 e. The molecule has 0 amide bonds. The van der Waals surface area contributed by atoms with Gasteiger partial charge >= 0.3 is 0 Å². The highest BCUT2D eigenvalue weighted by Gasteiger charge is 2.27. The first-order chi connectivity index (χ1) is 8.52. The van der Waals surface area contributed by atoms with E-state index < -0.39 is 19.1 Å². The third-order valence-corrected chi connectivity index (χ3v) is 2.48. The quantitative estimate of drug-likeness (QED) is 0.706. The summed E-state index contributed by atoms with van der Waals surface area (Å²) >= 11 is 0. The van der Waals surface area contributed by atoms with Crippen LogP contribution in [0.15, 0.2) is 12.1 Å². The first kappa shape index (κ1) is 12.7. The average molecular weight is 260 g/mol. The van der Waals surface area contributed by atoms with Gasteiger partial charge in [-0.3, -0.25) is 0 Å². The van der Waals surface area contributed by atoms with Crippen molar-refractivity contribution in [2.75, 3.05) is 37.4 Å². The molecule has 0 atom stereocenters. The van der Waals surface area contributed by atoms with Crippen LogP contribution in [0.1, 0.15) is 0 Å². The molecule has 1 aromatic rings. The van der Waals surface area contributed by atoms with Gasteiger partial charge in [-0.1, -0.05) is 0 Å². The highest BCUT2D eigenvalue weighted by Crippen LogP contribution is 2.37. The Hall–Kier alpha value is -1.76. The molecular formula is C11H14F2N2O3. The van der Waals surface area contributed by atoms with Gasteiger partial charge in [0, 0.05) is 12.1 Å². The second-order valence-electron chi connectivity index (χ2n) is 3.95. The molecule has 1 aliphatic rings. The Morgan fingerprint density at radius 1 is 1.28 bits per heavy atom. The third kappa shape index (κ3) is 2.73. The van der Waals surface area contributed by atoms with Crippen molar-refractivity contribution in [3.8, 4) is 11.5 Å². The summed E-state index contributed by atoms with van der Waals surface area (Å²) in [7, 11) is 0. The molecule has 0 spiro atoms. The number of nitrogen functional groups attached to an aromatic ring is 1. The molecule has 0 aromatic heterocycles. The first-order valence-corrected chi connectivity index (χ1v) is 5.43. The summed E-state index contributed by atoms with van der Waals surface area (Å²) in [5.74, 6) is -2.23. The van der Waals surface area contributed by atoms with Gasteiger partial charge in [0.2, 0.25) is 0 Å². The maximum Gasteiger partial charge on any atom is 0.287 e. The molecule has 4 N–H and O–H groups in total. The van der Waals surface area contributed by atoms with E-state index in [4.69, 9.17) is 20.3 Å². The molecule has 5 nitrogen and oxygen atoms in total. The molecule has 0 aliphatic carbocycles. The summed E-state index contributed by atoms with van der Waals surface area (Å²) < 4.78 is 36.4. The molecule has 0 unspecified atom stereocenters. The predicted molar refractivity (Wildman–Crippen MR) is 62.4 cm³/mol. The van der Waals surface area contributed by atoms with Gasteiger partial charge < -0.3 is 25.6 Å². The largest absolute Gasteiger partial charge is 0.486 e. The Kier molecular flexibility index (Phi) is 3.42. The number of hydrogen-bond donors (Lipinski definition) is 3. The van der Waals surface area contributed by atoms with Gasteiger partial charge in [0.1, 0.15) is 19.8 Å². The fourth-order valence-corrected chi connectivity index (χ4v) is 1.54. The number of fused-ring (bicyclic) bond motifs is 1. The monoisotopic (exact) mass is 260 g/mol. The lowest BCUT2D eigenvalue weighted by Gasteiger charge is -2.21. The second-order valence-corrected chi connectivity index (χ2v) is 3.95. The molecule has 1 aliphatic heterocycles. The van der Waals surface area contributed by atoms with Crippen molar-refractivity contribution >= 4 is 11.4 Å². The van der Waals surface area contributed by atoms with Crippen molar-refractivity contribution in [1.82, 2.24) is 0 Å². The maximum atomic E-state index is 12.9. The van der Waals surface area contributed by atoms with E-state index in [0.717, 1.165) is 0 Å². The summed E-state index contributed by atoms with van der Waals surface area (Å²) in [6.07, 6.45) is 0. The van der Waals surface area contributed by atoms with Crippen LogP contribution >= 0.6 is 0 Å².